The lowest BCUT2D eigenvalue weighted by Gasteiger charge is -2.21. The van der Waals surface area contributed by atoms with E-state index in [2.05, 4.69) is 10.3 Å². The highest BCUT2D eigenvalue weighted by Gasteiger charge is 2.29. The van der Waals surface area contributed by atoms with E-state index >= 15 is 0 Å². The first-order valence-electron chi connectivity index (χ1n) is 8.53. The van der Waals surface area contributed by atoms with Gasteiger partial charge >= 0.3 is 0 Å². The van der Waals surface area contributed by atoms with Crippen molar-refractivity contribution in [3.63, 3.8) is 0 Å². The number of halogens is 1. The smallest absolute Gasteiger partial charge is 0.231 e. The van der Waals surface area contributed by atoms with Gasteiger partial charge in [0.1, 0.15) is 0 Å². The van der Waals surface area contributed by atoms with Crippen LogP contribution in [0.4, 0.5) is 5.69 Å². The lowest BCUT2D eigenvalue weighted by atomic mass is 10.1. The molecule has 3 rings (SSSR count). The maximum absolute atomic E-state index is 12.9. The van der Waals surface area contributed by atoms with Crippen LogP contribution in [0.25, 0.3) is 0 Å². The number of aliphatic imine (C=N–C) groups is 1. The minimum absolute atomic E-state index is 0.0504. The number of benzene rings is 1. The van der Waals surface area contributed by atoms with Crippen molar-refractivity contribution in [1.82, 2.24) is 10.2 Å². The number of nitrogens with one attached hydrogen (secondary N) is 1. The number of thioether (sulfide) groups is 1. The number of carbonyl (C=O) groups is 2. The van der Waals surface area contributed by atoms with Crippen LogP contribution < -0.4 is 5.32 Å². The highest BCUT2D eigenvalue weighted by atomic mass is 35.5. The van der Waals surface area contributed by atoms with Gasteiger partial charge in [-0.1, -0.05) is 35.5 Å². The van der Waals surface area contributed by atoms with Gasteiger partial charge in [-0.15, -0.1) is 11.3 Å². The van der Waals surface area contributed by atoms with Crippen molar-refractivity contribution >= 4 is 57.4 Å². The van der Waals surface area contributed by atoms with Crippen molar-refractivity contribution in [1.29, 1.82) is 0 Å². The van der Waals surface area contributed by atoms with Crippen molar-refractivity contribution in [2.45, 2.75) is 26.3 Å². The second kappa shape index (κ2) is 8.91. The minimum atomic E-state index is -0.324. The van der Waals surface area contributed by atoms with Crippen molar-refractivity contribution in [2.24, 2.45) is 4.99 Å². The van der Waals surface area contributed by atoms with Crippen LogP contribution in [-0.4, -0.2) is 34.2 Å². The van der Waals surface area contributed by atoms with Crippen molar-refractivity contribution in [2.75, 3.05) is 12.3 Å². The fourth-order valence-corrected chi connectivity index (χ4v) is 4.70. The number of amides is 2. The fourth-order valence-electron chi connectivity index (χ4n) is 2.79. The molecule has 5 nitrogen and oxygen atoms in total. The Kier molecular flexibility index (Phi) is 6.57. The largest absolute Gasteiger partial charge is 0.348 e. The number of nitrogens with zero attached hydrogens (tertiary/aromatic N) is 2. The molecule has 1 aromatic heterocycles. The zero-order valence-corrected chi connectivity index (χ0v) is 17.5. The highest BCUT2D eigenvalue weighted by Crippen LogP contribution is 2.30. The Morgan fingerprint density at radius 2 is 2.15 bits per heavy atom. The third kappa shape index (κ3) is 4.91. The van der Waals surface area contributed by atoms with E-state index in [-0.39, 0.29) is 24.3 Å². The number of carbonyl (C=O) groups excluding carboxylic acids is 2. The molecule has 1 aromatic carbocycles. The van der Waals surface area contributed by atoms with Crippen LogP contribution in [0.3, 0.4) is 0 Å². The van der Waals surface area contributed by atoms with E-state index < -0.39 is 0 Å². The summed E-state index contributed by atoms with van der Waals surface area (Å²) in [6.07, 6.45) is 0.203. The molecule has 2 amide bonds. The molecule has 0 bridgehead atoms. The summed E-state index contributed by atoms with van der Waals surface area (Å²) in [6, 6.07) is 9.09. The summed E-state index contributed by atoms with van der Waals surface area (Å²) >= 11 is 9.26. The molecule has 0 unspecified atom stereocenters. The topological polar surface area (TPSA) is 61.8 Å². The normalized spacial score (nSPS) is 16.6. The van der Waals surface area contributed by atoms with Crippen molar-refractivity contribution < 1.29 is 9.59 Å². The Bertz CT molecular complexity index is 868. The monoisotopic (exact) mass is 421 g/mol. The van der Waals surface area contributed by atoms with E-state index in [0.29, 0.717) is 16.7 Å². The number of thiophene rings is 1. The third-order valence-corrected chi connectivity index (χ3v) is 6.53. The fraction of sp³-hybridized carbons (Fsp3) is 0.316. The standard InChI is InChI=1S/C19H20ClN3O2S2/c1-12-14(20)5-3-6-15(12)22-19-23(8-10-27-19)18(25)11-16(21-13(2)24)17-7-4-9-26-17/h3-7,9,16H,8,10-11H2,1-2H3,(H,21,24)/t16-/m0/s1. The molecule has 0 saturated carbocycles. The molecular weight excluding hydrogens is 402 g/mol. The second-order valence-corrected chi connectivity index (χ2v) is 8.59. The summed E-state index contributed by atoms with van der Waals surface area (Å²) in [5, 5.41) is 6.15. The van der Waals surface area contributed by atoms with Crippen LogP contribution in [0.2, 0.25) is 5.02 Å². The summed E-state index contributed by atoms with van der Waals surface area (Å²) in [5.74, 6) is 0.597. The van der Waals surface area contributed by atoms with Gasteiger partial charge in [0.15, 0.2) is 5.17 Å². The summed E-state index contributed by atoms with van der Waals surface area (Å²) in [5.41, 5.74) is 1.66. The Labute approximate surface area is 171 Å². The summed E-state index contributed by atoms with van der Waals surface area (Å²) in [4.78, 5) is 31.8. The lowest BCUT2D eigenvalue weighted by Crippen LogP contribution is -2.36. The van der Waals surface area contributed by atoms with Gasteiger partial charge in [-0.3, -0.25) is 14.5 Å². The number of amidine groups is 1. The van der Waals surface area contributed by atoms with Gasteiger partial charge in [0.2, 0.25) is 11.8 Å². The molecule has 142 valence electrons. The van der Waals surface area contributed by atoms with E-state index in [1.54, 1.807) is 16.7 Å². The molecular formula is C19H20ClN3O2S2. The SMILES string of the molecule is CC(=O)N[C@@H](CC(=O)N1CCSC1=Nc1cccc(Cl)c1C)c1cccs1. The van der Waals surface area contributed by atoms with Gasteiger partial charge in [0.25, 0.3) is 0 Å². The Morgan fingerprint density at radius 3 is 2.85 bits per heavy atom. The number of hydrogen-bond donors (Lipinski definition) is 1. The van der Waals surface area contributed by atoms with Gasteiger partial charge in [-0.25, -0.2) is 4.99 Å². The molecule has 0 radical (unpaired) electrons. The molecule has 1 atom stereocenters. The van der Waals surface area contributed by atoms with E-state index in [4.69, 9.17) is 11.6 Å². The van der Waals surface area contributed by atoms with Crippen LogP contribution >= 0.6 is 34.7 Å². The second-order valence-electron chi connectivity index (χ2n) is 6.14. The molecule has 0 spiro atoms. The highest BCUT2D eigenvalue weighted by molar-refractivity contribution is 8.14. The van der Waals surface area contributed by atoms with Crippen LogP contribution in [0.5, 0.6) is 0 Å². The summed E-state index contributed by atoms with van der Waals surface area (Å²) in [6.45, 7) is 3.99. The molecule has 27 heavy (non-hydrogen) atoms. The maximum Gasteiger partial charge on any atom is 0.231 e. The average Bonchev–Trinajstić information content (AvgIpc) is 3.30. The maximum atomic E-state index is 12.9. The van der Waals surface area contributed by atoms with Gasteiger partial charge in [0, 0.05) is 29.1 Å². The molecule has 1 N–H and O–H groups in total. The molecule has 1 aliphatic rings. The van der Waals surface area contributed by atoms with Gasteiger partial charge in [-0.2, -0.15) is 0 Å². The molecule has 1 fully saturated rings. The van der Waals surface area contributed by atoms with E-state index in [0.717, 1.165) is 21.9 Å². The van der Waals surface area contributed by atoms with Gasteiger partial charge in [-0.05, 0) is 36.1 Å². The van der Waals surface area contributed by atoms with Gasteiger partial charge in [0.05, 0.1) is 18.2 Å². The first kappa shape index (κ1) is 19.9. The lowest BCUT2D eigenvalue weighted by molar-refractivity contribution is -0.127. The zero-order chi connectivity index (χ0) is 19.4. The van der Waals surface area contributed by atoms with Crippen molar-refractivity contribution in [3.8, 4) is 0 Å². The van der Waals surface area contributed by atoms with E-state index in [9.17, 15) is 9.59 Å². The van der Waals surface area contributed by atoms with Crippen LogP contribution in [-0.2, 0) is 9.59 Å². The van der Waals surface area contributed by atoms with Crippen LogP contribution in [0.15, 0.2) is 40.7 Å². The quantitative estimate of drug-likeness (QED) is 0.770. The Balaban J connectivity index is 1.79. The Hall–Kier alpha value is -1.83. The number of hydrogen-bond acceptors (Lipinski definition) is 5. The predicted octanol–water partition coefficient (Wildman–Crippen LogP) is 4.54. The first-order valence-corrected chi connectivity index (χ1v) is 10.8. The van der Waals surface area contributed by atoms with Crippen molar-refractivity contribution in [3.05, 3.63) is 51.2 Å². The predicted molar refractivity (Wildman–Crippen MR) is 113 cm³/mol. The average molecular weight is 422 g/mol. The van der Waals surface area contributed by atoms with Crippen LogP contribution in [0.1, 0.15) is 29.8 Å². The molecule has 2 heterocycles. The summed E-state index contributed by atoms with van der Waals surface area (Å²) in [7, 11) is 0. The molecule has 2 aromatic rings. The van der Waals surface area contributed by atoms with E-state index in [1.807, 2.05) is 42.6 Å². The third-order valence-electron chi connectivity index (χ3n) is 4.18. The molecule has 8 heteroatoms. The first-order chi connectivity index (χ1) is 13.0. The molecule has 1 aliphatic heterocycles. The zero-order valence-electron chi connectivity index (χ0n) is 15.1. The van der Waals surface area contributed by atoms with E-state index in [1.165, 1.54) is 18.3 Å². The van der Waals surface area contributed by atoms with Gasteiger partial charge < -0.3 is 5.32 Å². The minimum Gasteiger partial charge on any atom is -0.348 e. The Morgan fingerprint density at radius 1 is 1.33 bits per heavy atom. The molecule has 1 saturated heterocycles. The summed E-state index contributed by atoms with van der Waals surface area (Å²) < 4.78 is 0. The molecule has 0 aliphatic carbocycles. The van der Waals surface area contributed by atoms with Crippen LogP contribution in [0, 0.1) is 6.92 Å². The number of rotatable bonds is 5.